The number of hydrogen-bond donors (Lipinski definition) is 1. The lowest BCUT2D eigenvalue weighted by Crippen LogP contribution is -2.37. The number of hydrogen-bond acceptors (Lipinski definition) is 4. The lowest BCUT2D eigenvalue weighted by Gasteiger charge is -2.46. The number of nitrogens with one attached hydrogen (secondary N) is 1. The van der Waals surface area contributed by atoms with Gasteiger partial charge in [-0.2, -0.15) is 0 Å². The lowest BCUT2D eigenvalue weighted by atomic mass is 9.59. The number of benzene rings is 9. The van der Waals surface area contributed by atoms with Crippen LogP contribution in [0.4, 0.5) is 62.6 Å². The molecule has 0 saturated heterocycles. The Labute approximate surface area is 378 Å². The molecule has 0 aliphatic heterocycles. The Kier molecular flexibility index (Phi) is 10.6. The van der Waals surface area contributed by atoms with Crippen molar-refractivity contribution in [2.24, 2.45) is 0 Å². The number of fused-ring (bicyclic) bond motifs is 2. The van der Waals surface area contributed by atoms with Crippen LogP contribution in [0.25, 0.3) is 0 Å². The van der Waals surface area contributed by atoms with Crippen molar-refractivity contribution in [1.29, 1.82) is 0 Å². The van der Waals surface area contributed by atoms with Crippen molar-refractivity contribution in [2.75, 3.05) is 20.0 Å². The minimum Gasteiger partial charge on any atom is -0.354 e. The fourth-order valence-corrected chi connectivity index (χ4v) is 9.59. The first kappa shape index (κ1) is 40.3. The molecule has 9 aromatic carbocycles. The highest BCUT2D eigenvalue weighted by Crippen LogP contribution is 2.57. The third kappa shape index (κ3) is 7.37. The molecule has 64 heavy (non-hydrogen) atoms. The number of para-hydroxylation sites is 7. The molecule has 0 spiro atoms. The van der Waals surface area contributed by atoms with Gasteiger partial charge in [0, 0.05) is 50.6 Å². The quantitative estimate of drug-likeness (QED) is 0.140. The first-order valence-corrected chi connectivity index (χ1v) is 22.2. The van der Waals surface area contributed by atoms with Crippen molar-refractivity contribution in [1.82, 2.24) is 0 Å². The van der Waals surface area contributed by atoms with Crippen LogP contribution in [0.15, 0.2) is 237 Å². The Morgan fingerprint density at radius 1 is 0.281 bits per heavy atom. The second kappa shape index (κ2) is 16.8. The van der Waals surface area contributed by atoms with Crippen LogP contribution in [-0.2, 0) is 10.8 Å². The summed E-state index contributed by atoms with van der Waals surface area (Å²) in [6, 6.07) is 85.0. The lowest BCUT2D eigenvalue weighted by molar-refractivity contribution is 0.521. The zero-order chi connectivity index (χ0) is 43.7. The van der Waals surface area contributed by atoms with Gasteiger partial charge >= 0.3 is 0 Å². The summed E-state index contributed by atoms with van der Waals surface area (Å²) < 4.78 is 0. The van der Waals surface area contributed by atoms with Crippen molar-refractivity contribution in [3.63, 3.8) is 0 Å². The molecule has 1 aliphatic carbocycles. The fourth-order valence-electron chi connectivity index (χ4n) is 9.59. The number of anilines is 11. The monoisotopic (exact) mass is 828 g/mol. The molecule has 0 radical (unpaired) electrons. The van der Waals surface area contributed by atoms with Gasteiger partial charge in [0.15, 0.2) is 0 Å². The van der Waals surface area contributed by atoms with Gasteiger partial charge in [-0.05, 0) is 131 Å². The maximum Gasteiger partial charge on any atom is 0.0705 e. The fraction of sp³-hybridized carbons (Fsp3) is 0.100. The highest BCUT2D eigenvalue weighted by Gasteiger charge is 2.44. The van der Waals surface area contributed by atoms with Crippen molar-refractivity contribution < 1.29 is 0 Å². The van der Waals surface area contributed by atoms with Crippen molar-refractivity contribution in [3.8, 4) is 0 Å². The molecule has 1 aliphatic rings. The highest BCUT2D eigenvalue weighted by atomic mass is 15.2. The Hall–Kier alpha value is -7.82. The van der Waals surface area contributed by atoms with E-state index < -0.39 is 10.8 Å². The van der Waals surface area contributed by atoms with Gasteiger partial charge in [0.2, 0.25) is 0 Å². The van der Waals surface area contributed by atoms with Crippen LogP contribution in [0.1, 0.15) is 49.9 Å². The van der Waals surface area contributed by atoms with E-state index in [1.54, 1.807) is 0 Å². The summed E-state index contributed by atoms with van der Waals surface area (Å²) in [5.41, 5.74) is 16.2. The molecule has 0 aromatic heterocycles. The molecule has 0 amide bonds. The molecule has 10 rings (SSSR count). The first-order valence-electron chi connectivity index (χ1n) is 22.2. The Balaban J connectivity index is 1.27. The predicted octanol–water partition coefficient (Wildman–Crippen LogP) is 16.8. The van der Waals surface area contributed by atoms with Crippen LogP contribution in [0.3, 0.4) is 0 Å². The molecule has 4 heteroatoms. The normalized spacial score (nSPS) is 13.2. The maximum absolute atomic E-state index is 3.91. The number of nitrogens with zero attached hydrogens (tertiary/aromatic N) is 3. The van der Waals surface area contributed by atoms with Crippen LogP contribution in [0, 0.1) is 0 Å². The number of rotatable bonds is 11. The van der Waals surface area contributed by atoms with E-state index in [1.165, 1.54) is 22.3 Å². The van der Waals surface area contributed by atoms with E-state index in [0.717, 1.165) is 62.6 Å². The molecular formula is C60H52N4. The van der Waals surface area contributed by atoms with Gasteiger partial charge in [-0.25, -0.2) is 0 Å². The smallest absolute Gasteiger partial charge is 0.0705 e. The Bertz CT molecular complexity index is 2870. The van der Waals surface area contributed by atoms with Gasteiger partial charge in [-0.15, -0.1) is 0 Å². The van der Waals surface area contributed by atoms with Gasteiger partial charge in [0.1, 0.15) is 0 Å². The van der Waals surface area contributed by atoms with Gasteiger partial charge in [-0.1, -0.05) is 155 Å². The molecule has 0 fully saturated rings. The van der Waals surface area contributed by atoms with Crippen molar-refractivity contribution in [3.05, 3.63) is 259 Å². The van der Waals surface area contributed by atoms with E-state index in [1.807, 2.05) is 0 Å². The second-order valence-corrected chi connectivity index (χ2v) is 17.6. The van der Waals surface area contributed by atoms with Crippen molar-refractivity contribution >= 4 is 62.6 Å². The first-order chi connectivity index (χ1) is 31.3. The van der Waals surface area contributed by atoms with E-state index in [9.17, 15) is 0 Å². The van der Waals surface area contributed by atoms with E-state index >= 15 is 0 Å². The second-order valence-electron chi connectivity index (χ2n) is 17.6. The molecule has 4 nitrogen and oxygen atoms in total. The van der Waals surface area contributed by atoms with E-state index in [2.05, 4.69) is 284 Å². The molecule has 9 aromatic rings. The highest BCUT2D eigenvalue weighted by molar-refractivity contribution is 5.94. The van der Waals surface area contributed by atoms with Crippen LogP contribution in [0.5, 0.6) is 0 Å². The van der Waals surface area contributed by atoms with Gasteiger partial charge in [0.05, 0.1) is 22.7 Å². The third-order valence-electron chi connectivity index (χ3n) is 12.8. The predicted molar refractivity (Wildman–Crippen MR) is 271 cm³/mol. The summed E-state index contributed by atoms with van der Waals surface area (Å²) in [6.45, 7) is 9.63. The SMILES string of the molecule is CC1(C)c2cc(Nc3ccccc3)c(N(c3ccccc3)c3ccccc3)cc2C(C)(C)c2cc(N(c3ccccc3)c3ccccc3)c(N(c3ccccc3)c3ccccc3)cc21. The summed E-state index contributed by atoms with van der Waals surface area (Å²) in [4.78, 5) is 7.25. The largest absolute Gasteiger partial charge is 0.354 e. The summed E-state index contributed by atoms with van der Waals surface area (Å²) in [6.07, 6.45) is 0. The molecular weight excluding hydrogens is 777 g/mol. The van der Waals surface area contributed by atoms with Gasteiger partial charge in [-0.3, -0.25) is 0 Å². The molecule has 1 N–H and O–H groups in total. The van der Waals surface area contributed by atoms with Crippen LogP contribution in [0.2, 0.25) is 0 Å². The molecule has 0 bridgehead atoms. The zero-order valence-electron chi connectivity index (χ0n) is 36.9. The maximum atomic E-state index is 3.91. The van der Waals surface area contributed by atoms with Gasteiger partial charge < -0.3 is 20.0 Å². The van der Waals surface area contributed by atoms with Crippen molar-refractivity contribution in [2.45, 2.75) is 38.5 Å². The summed E-state index contributed by atoms with van der Waals surface area (Å²) in [5, 5.41) is 3.91. The molecule has 312 valence electrons. The summed E-state index contributed by atoms with van der Waals surface area (Å²) >= 11 is 0. The van der Waals surface area contributed by atoms with Crippen LogP contribution < -0.4 is 20.0 Å². The van der Waals surface area contributed by atoms with Gasteiger partial charge in [0.25, 0.3) is 0 Å². The van der Waals surface area contributed by atoms with Crippen LogP contribution >= 0.6 is 0 Å². The van der Waals surface area contributed by atoms with E-state index in [0.29, 0.717) is 0 Å². The van der Waals surface area contributed by atoms with E-state index in [-0.39, 0.29) is 0 Å². The molecule has 0 saturated carbocycles. The topological polar surface area (TPSA) is 21.8 Å². The van der Waals surface area contributed by atoms with E-state index in [4.69, 9.17) is 0 Å². The average molecular weight is 829 g/mol. The Morgan fingerprint density at radius 3 is 0.812 bits per heavy atom. The average Bonchev–Trinajstić information content (AvgIpc) is 3.34. The third-order valence-corrected chi connectivity index (χ3v) is 12.8. The molecule has 0 atom stereocenters. The standard InChI is InChI=1S/C60H52N4/c1-59(2)51-40-55(61-44-26-12-5-13-27-44)56(62(45-28-14-6-15-29-45)46-30-16-7-17-31-46)41-52(51)60(3,4)54-43-58(64(49-36-22-10-23-37-49)50-38-24-11-25-39-50)57(42-53(54)59)63(47-32-18-8-19-33-47)48-34-20-9-21-35-48/h5-43,61H,1-4H3. The molecule has 0 heterocycles. The Morgan fingerprint density at radius 2 is 0.516 bits per heavy atom. The molecule has 0 unspecified atom stereocenters. The minimum absolute atomic E-state index is 0.410. The van der Waals surface area contributed by atoms with Crippen LogP contribution in [-0.4, -0.2) is 0 Å². The minimum atomic E-state index is -0.421. The zero-order valence-corrected chi connectivity index (χ0v) is 36.9. The summed E-state index contributed by atoms with van der Waals surface area (Å²) in [5.74, 6) is 0. The summed E-state index contributed by atoms with van der Waals surface area (Å²) in [7, 11) is 0.